The van der Waals surface area contributed by atoms with Crippen LogP contribution in [0.3, 0.4) is 0 Å². The summed E-state index contributed by atoms with van der Waals surface area (Å²) in [4.78, 5) is 24.3. The molecule has 0 aliphatic heterocycles. The zero-order valence-electron chi connectivity index (χ0n) is 17.7. The summed E-state index contributed by atoms with van der Waals surface area (Å²) >= 11 is 0. The normalized spacial score (nSPS) is 13.1. The molecular formula is C24H25N3O3. The van der Waals surface area contributed by atoms with Crippen LogP contribution in [0.5, 0.6) is 11.6 Å². The fraction of sp³-hybridized carbons (Fsp3) is 0.292. The van der Waals surface area contributed by atoms with Gasteiger partial charge >= 0.3 is 0 Å². The van der Waals surface area contributed by atoms with E-state index in [4.69, 9.17) is 14.5 Å². The van der Waals surface area contributed by atoms with Gasteiger partial charge in [0.1, 0.15) is 11.6 Å². The first-order chi connectivity index (χ1) is 14.5. The third-order valence-corrected chi connectivity index (χ3v) is 5.27. The molecule has 30 heavy (non-hydrogen) atoms. The first kappa shape index (κ1) is 19.9. The number of ether oxygens (including phenoxy) is 2. The quantitative estimate of drug-likeness (QED) is 0.589. The molecule has 1 aromatic carbocycles. The van der Waals surface area contributed by atoms with Crippen LogP contribution in [0.4, 0.5) is 11.5 Å². The highest BCUT2D eigenvalue weighted by molar-refractivity contribution is 6.03. The molecule has 1 aliphatic carbocycles. The minimum atomic E-state index is 0.0461. The van der Waals surface area contributed by atoms with Gasteiger partial charge in [0.25, 0.3) is 0 Å². The fourth-order valence-corrected chi connectivity index (χ4v) is 3.52. The summed E-state index contributed by atoms with van der Waals surface area (Å²) in [6, 6.07) is 13.3. The van der Waals surface area contributed by atoms with Gasteiger partial charge in [-0.05, 0) is 56.0 Å². The van der Waals surface area contributed by atoms with E-state index >= 15 is 0 Å². The molecule has 2 aromatic heterocycles. The van der Waals surface area contributed by atoms with E-state index in [-0.39, 0.29) is 11.8 Å². The molecule has 0 unspecified atom stereocenters. The van der Waals surface area contributed by atoms with Crippen LogP contribution in [0.15, 0.2) is 48.7 Å². The lowest BCUT2D eigenvalue weighted by Gasteiger charge is -2.25. The number of nitrogens with zero attached hydrogens (tertiary/aromatic N) is 3. The highest BCUT2D eigenvalue weighted by Crippen LogP contribution is 2.39. The molecule has 0 saturated heterocycles. The number of anilines is 2. The number of carbonyl (C=O) groups is 1. The average Bonchev–Trinajstić information content (AvgIpc) is 3.61. The van der Waals surface area contributed by atoms with Gasteiger partial charge in [0.2, 0.25) is 11.8 Å². The van der Waals surface area contributed by atoms with Crippen molar-refractivity contribution in [1.29, 1.82) is 0 Å². The molecule has 154 valence electrons. The molecule has 3 aromatic rings. The van der Waals surface area contributed by atoms with Gasteiger partial charge in [-0.25, -0.2) is 9.97 Å². The van der Waals surface area contributed by atoms with Crippen molar-refractivity contribution in [2.75, 3.05) is 19.1 Å². The first-order valence-corrected chi connectivity index (χ1v) is 9.98. The Hall–Kier alpha value is -3.41. The van der Waals surface area contributed by atoms with Crippen molar-refractivity contribution in [1.82, 2.24) is 9.97 Å². The Bertz CT molecular complexity index is 1080. The van der Waals surface area contributed by atoms with Crippen LogP contribution in [-0.4, -0.2) is 30.1 Å². The Kier molecular flexibility index (Phi) is 5.40. The van der Waals surface area contributed by atoms with Crippen LogP contribution >= 0.6 is 0 Å². The minimum absolute atomic E-state index is 0.0461. The maximum Gasteiger partial charge on any atom is 0.235 e. The molecule has 6 heteroatoms. The van der Waals surface area contributed by atoms with Crippen molar-refractivity contribution in [2.45, 2.75) is 26.7 Å². The van der Waals surface area contributed by atoms with Crippen molar-refractivity contribution in [2.24, 2.45) is 5.92 Å². The zero-order valence-corrected chi connectivity index (χ0v) is 17.7. The predicted octanol–water partition coefficient (Wildman–Crippen LogP) is 4.85. The Morgan fingerprint density at radius 2 is 1.83 bits per heavy atom. The molecule has 0 radical (unpaired) electrons. The van der Waals surface area contributed by atoms with Crippen molar-refractivity contribution in [3.63, 3.8) is 0 Å². The van der Waals surface area contributed by atoms with Crippen LogP contribution in [0.1, 0.15) is 24.0 Å². The maximum absolute atomic E-state index is 13.3. The average molecular weight is 403 g/mol. The number of carbonyl (C=O) groups excluding carboxylic acids is 1. The number of aromatic nitrogens is 2. The van der Waals surface area contributed by atoms with Crippen molar-refractivity contribution in [3.05, 3.63) is 59.8 Å². The minimum Gasteiger partial charge on any atom is -0.497 e. The number of rotatable bonds is 6. The Morgan fingerprint density at radius 3 is 2.47 bits per heavy atom. The monoisotopic (exact) mass is 403 g/mol. The van der Waals surface area contributed by atoms with E-state index in [1.165, 1.54) is 0 Å². The van der Waals surface area contributed by atoms with Gasteiger partial charge < -0.3 is 9.47 Å². The molecule has 6 nitrogen and oxygen atoms in total. The molecular weight excluding hydrogens is 378 g/mol. The first-order valence-electron chi connectivity index (χ1n) is 9.98. The molecule has 1 fully saturated rings. The van der Waals surface area contributed by atoms with Gasteiger partial charge in [-0.15, -0.1) is 0 Å². The third kappa shape index (κ3) is 3.85. The fourth-order valence-electron chi connectivity index (χ4n) is 3.52. The van der Waals surface area contributed by atoms with E-state index < -0.39 is 0 Å². The van der Waals surface area contributed by atoms with Gasteiger partial charge in [-0.1, -0.05) is 12.1 Å². The number of aryl methyl sites for hydroxylation is 2. The lowest BCUT2D eigenvalue weighted by molar-refractivity contribution is -0.119. The van der Waals surface area contributed by atoms with E-state index in [9.17, 15) is 4.79 Å². The molecule has 0 N–H and O–H groups in total. The van der Waals surface area contributed by atoms with E-state index in [1.54, 1.807) is 25.3 Å². The van der Waals surface area contributed by atoms with Crippen molar-refractivity contribution < 1.29 is 14.3 Å². The molecule has 1 amide bonds. The van der Waals surface area contributed by atoms with E-state index in [0.29, 0.717) is 17.4 Å². The molecule has 0 atom stereocenters. The van der Waals surface area contributed by atoms with Gasteiger partial charge in [0.05, 0.1) is 25.6 Å². The van der Waals surface area contributed by atoms with Crippen LogP contribution in [0, 0.1) is 19.8 Å². The smallest absolute Gasteiger partial charge is 0.235 e. The largest absolute Gasteiger partial charge is 0.497 e. The number of benzene rings is 1. The highest BCUT2D eigenvalue weighted by atomic mass is 16.5. The SMILES string of the molecule is COc1cccc(N(C(=O)C2CC2)c2nc(-c3ccc(OC)nc3)c(C)cc2C)c1. The second kappa shape index (κ2) is 8.14. The topological polar surface area (TPSA) is 64.5 Å². The molecule has 1 saturated carbocycles. The summed E-state index contributed by atoms with van der Waals surface area (Å²) in [6.45, 7) is 4.00. The lowest BCUT2D eigenvalue weighted by Crippen LogP contribution is -2.29. The van der Waals surface area contributed by atoms with Crippen LogP contribution in [0.2, 0.25) is 0 Å². The number of methoxy groups -OCH3 is 2. The summed E-state index contributed by atoms with van der Waals surface area (Å²) in [7, 11) is 3.21. The van der Waals surface area contributed by atoms with E-state index in [2.05, 4.69) is 11.1 Å². The summed E-state index contributed by atoms with van der Waals surface area (Å²) in [5.74, 6) is 2.00. The second-order valence-electron chi connectivity index (χ2n) is 7.53. The van der Waals surface area contributed by atoms with Crippen LogP contribution < -0.4 is 14.4 Å². The van der Waals surface area contributed by atoms with E-state index in [1.807, 2.05) is 50.2 Å². The van der Waals surface area contributed by atoms with Gasteiger partial charge in [-0.2, -0.15) is 0 Å². The second-order valence-corrected chi connectivity index (χ2v) is 7.53. The number of amides is 1. The predicted molar refractivity (Wildman–Crippen MR) is 116 cm³/mol. The summed E-state index contributed by atoms with van der Waals surface area (Å²) in [5.41, 5.74) is 4.38. The van der Waals surface area contributed by atoms with Gasteiger partial charge in [-0.3, -0.25) is 9.69 Å². The highest BCUT2D eigenvalue weighted by Gasteiger charge is 2.36. The molecule has 2 heterocycles. The summed E-state index contributed by atoms with van der Waals surface area (Å²) in [6.07, 6.45) is 3.57. The van der Waals surface area contributed by atoms with E-state index in [0.717, 1.165) is 40.9 Å². The standard InChI is InChI=1S/C24H25N3O3/c1-15-12-16(2)23(26-22(15)18-10-11-21(30-4)25-14-18)27(24(28)17-8-9-17)19-6-5-7-20(13-19)29-3/h5-7,10-14,17H,8-9H2,1-4H3. The molecule has 1 aliphatic rings. The van der Waals surface area contributed by atoms with Gasteiger partial charge in [0.15, 0.2) is 0 Å². The maximum atomic E-state index is 13.3. The molecule has 0 bridgehead atoms. The summed E-state index contributed by atoms with van der Waals surface area (Å²) < 4.78 is 10.5. The van der Waals surface area contributed by atoms with Gasteiger partial charge in [0, 0.05) is 29.8 Å². The Morgan fingerprint density at radius 1 is 1.03 bits per heavy atom. The zero-order chi connectivity index (χ0) is 21.3. The van der Waals surface area contributed by atoms with Crippen LogP contribution in [0.25, 0.3) is 11.3 Å². The number of hydrogen-bond acceptors (Lipinski definition) is 5. The Balaban J connectivity index is 1.84. The number of pyridine rings is 2. The summed E-state index contributed by atoms with van der Waals surface area (Å²) in [5, 5.41) is 0. The van der Waals surface area contributed by atoms with Crippen molar-refractivity contribution in [3.8, 4) is 22.9 Å². The van der Waals surface area contributed by atoms with Crippen molar-refractivity contribution >= 4 is 17.4 Å². The molecule has 0 spiro atoms. The third-order valence-electron chi connectivity index (χ3n) is 5.27. The molecule has 4 rings (SSSR count). The lowest BCUT2D eigenvalue weighted by atomic mass is 10.1. The number of hydrogen-bond donors (Lipinski definition) is 0. The van der Waals surface area contributed by atoms with Crippen LogP contribution in [-0.2, 0) is 4.79 Å². The Labute approximate surface area is 176 Å².